The molecule has 1 heterocycles. The molecule has 2 N–H and O–H groups in total. The highest BCUT2D eigenvalue weighted by Crippen LogP contribution is 2.65. The Bertz CT molecular complexity index is 907. The number of carbonyl (C=O) groups excluding carboxylic acids is 1. The maximum Gasteiger partial charge on any atom is 0.261 e. The van der Waals surface area contributed by atoms with Crippen molar-refractivity contribution in [3.63, 3.8) is 0 Å². The lowest BCUT2D eigenvalue weighted by molar-refractivity contribution is -0.125. The van der Waals surface area contributed by atoms with E-state index < -0.39 is 0 Å². The molecule has 1 aromatic heterocycles. The maximum absolute atomic E-state index is 12.0. The van der Waals surface area contributed by atoms with Gasteiger partial charge in [-0.15, -0.1) is 0 Å². The van der Waals surface area contributed by atoms with Gasteiger partial charge in [-0.1, -0.05) is 24.6 Å². The molecule has 6 heteroatoms. The van der Waals surface area contributed by atoms with Crippen molar-refractivity contribution < 1.29 is 19.2 Å². The molecule has 3 fully saturated rings. The van der Waals surface area contributed by atoms with E-state index in [2.05, 4.69) is 30.4 Å². The number of amides is 1. The molecule has 0 spiro atoms. The van der Waals surface area contributed by atoms with Crippen LogP contribution in [-0.4, -0.2) is 29.4 Å². The van der Waals surface area contributed by atoms with Crippen molar-refractivity contribution in [2.24, 2.45) is 33.7 Å². The molecule has 0 aliphatic heterocycles. The van der Waals surface area contributed by atoms with Crippen LogP contribution in [0.4, 0.5) is 0 Å². The van der Waals surface area contributed by atoms with Crippen LogP contribution in [0, 0.1) is 28.6 Å². The van der Waals surface area contributed by atoms with Crippen molar-refractivity contribution in [3.8, 4) is 0 Å². The summed E-state index contributed by atoms with van der Waals surface area (Å²) in [5.41, 5.74) is 2.83. The first-order chi connectivity index (χ1) is 15.4. The third-order valence-electron chi connectivity index (χ3n) is 9.34. The molecule has 3 unspecified atom stereocenters. The Balaban J connectivity index is 1.20. The van der Waals surface area contributed by atoms with Gasteiger partial charge in [-0.2, -0.15) is 0 Å². The standard InChI is InChI=1S/C26H36N2O4/c1-25-11-9-18(28-32-16-24(30)27-15-19-4-3-13-31-19)14-17(25)5-6-20-21-7-8-23(29)26(21,2)12-10-22(20)25/h3-4,13-14,20-23,29H,5-12,15-16H2,1-2H3,(H,27,30)/t20?,21?,22?,23-,25+,26+/m1/s1. The van der Waals surface area contributed by atoms with Crippen molar-refractivity contribution in [2.75, 3.05) is 6.61 Å². The van der Waals surface area contributed by atoms with Crippen molar-refractivity contribution in [1.29, 1.82) is 0 Å². The van der Waals surface area contributed by atoms with E-state index in [9.17, 15) is 9.90 Å². The number of hydrogen-bond acceptors (Lipinski definition) is 5. The molecular weight excluding hydrogens is 404 g/mol. The number of nitrogens with zero attached hydrogens (tertiary/aromatic N) is 1. The minimum absolute atomic E-state index is 0.0854. The summed E-state index contributed by atoms with van der Waals surface area (Å²) in [7, 11) is 0. The Morgan fingerprint density at radius 3 is 2.91 bits per heavy atom. The maximum atomic E-state index is 12.0. The van der Waals surface area contributed by atoms with Gasteiger partial charge in [-0.05, 0) is 98.2 Å². The SMILES string of the molecule is C[C@]12CCC(=NOCC(=O)NCc3ccco3)C=C1CCC1C2CC[C@@]2(C)C1CC[C@H]2O. The summed E-state index contributed by atoms with van der Waals surface area (Å²) in [6.45, 7) is 5.07. The lowest BCUT2D eigenvalue weighted by atomic mass is 9.47. The van der Waals surface area contributed by atoms with E-state index in [0.29, 0.717) is 24.1 Å². The topological polar surface area (TPSA) is 84.1 Å². The van der Waals surface area contributed by atoms with Gasteiger partial charge in [0.25, 0.3) is 5.91 Å². The normalized spacial score (nSPS) is 39.6. The first kappa shape index (κ1) is 21.7. The fourth-order valence-electron chi connectivity index (χ4n) is 7.44. The van der Waals surface area contributed by atoms with Gasteiger partial charge in [-0.3, -0.25) is 4.79 Å². The number of hydrogen-bond donors (Lipinski definition) is 2. The van der Waals surface area contributed by atoms with E-state index in [0.717, 1.165) is 43.7 Å². The van der Waals surface area contributed by atoms with Crippen LogP contribution in [0.1, 0.15) is 71.0 Å². The van der Waals surface area contributed by atoms with Crippen LogP contribution in [0.25, 0.3) is 0 Å². The van der Waals surface area contributed by atoms with Gasteiger partial charge in [0.05, 0.1) is 24.6 Å². The molecule has 0 bridgehead atoms. The second-order valence-corrected chi connectivity index (χ2v) is 10.9. The number of fused-ring (bicyclic) bond motifs is 5. The summed E-state index contributed by atoms with van der Waals surface area (Å²) in [5, 5.41) is 17.7. The molecule has 6 nitrogen and oxygen atoms in total. The van der Waals surface area contributed by atoms with E-state index in [-0.39, 0.29) is 29.4 Å². The molecular formula is C26H36N2O4. The van der Waals surface area contributed by atoms with Gasteiger partial charge in [-0.25, -0.2) is 0 Å². The molecule has 32 heavy (non-hydrogen) atoms. The van der Waals surface area contributed by atoms with Crippen molar-refractivity contribution in [2.45, 2.75) is 77.9 Å². The van der Waals surface area contributed by atoms with Crippen LogP contribution in [0.5, 0.6) is 0 Å². The largest absolute Gasteiger partial charge is 0.467 e. The molecule has 6 atom stereocenters. The van der Waals surface area contributed by atoms with Crippen LogP contribution in [0.2, 0.25) is 0 Å². The Kier molecular flexibility index (Phi) is 5.68. The lowest BCUT2D eigenvalue weighted by Crippen LogP contribution is -2.51. The molecule has 1 amide bonds. The van der Waals surface area contributed by atoms with E-state index in [4.69, 9.17) is 9.25 Å². The van der Waals surface area contributed by atoms with Gasteiger partial charge < -0.3 is 19.7 Å². The van der Waals surface area contributed by atoms with Gasteiger partial charge in [0.2, 0.25) is 0 Å². The van der Waals surface area contributed by atoms with E-state index in [1.165, 1.54) is 24.8 Å². The number of carbonyl (C=O) groups is 1. The second kappa shape index (κ2) is 8.36. The van der Waals surface area contributed by atoms with Gasteiger partial charge in [0.1, 0.15) is 5.76 Å². The third kappa shape index (κ3) is 3.70. The fourth-order valence-corrected chi connectivity index (χ4v) is 7.44. The average Bonchev–Trinajstić information content (AvgIpc) is 3.40. The van der Waals surface area contributed by atoms with Crippen LogP contribution in [0.3, 0.4) is 0 Å². The number of rotatable bonds is 5. The lowest BCUT2D eigenvalue weighted by Gasteiger charge is -2.57. The summed E-state index contributed by atoms with van der Waals surface area (Å²) >= 11 is 0. The van der Waals surface area contributed by atoms with Gasteiger partial charge in [0.15, 0.2) is 6.61 Å². The van der Waals surface area contributed by atoms with Gasteiger partial charge >= 0.3 is 0 Å². The number of furan rings is 1. The molecule has 174 valence electrons. The summed E-state index contributed by atoms with van der Waals surface area (Å²) < 4.78 is 5.21. The first-order valence-corrected chi connectivity index (χ1v) is 12.3. The fraction of sp³-hybridized carbons (Fsp3) is 0.692. The summed E-state index contributed by atoms with van der Waals surface area (Å²) in [6.07, 6.45) is 12.6. The van der Waals surface area contributed by atoms with Crippen LogP contribution in [-0.2, 0) is 16.2 Å². The van der Waals surface area contributed by atoms with Crippen molar-refractivity contribution in [3.05, 3.63) is 35.8 Å². The zero-order valence-corrected chi connectivity index (χ0v) is 19.3. The number of allylic oxidation sites excluding steroid dienone is 2. The molecule has 4 aliphatic carbocycles. The zero-order chi connectivity index (χ0) is 22.3. The van der Waals surface area contributed by atoms with Crippen molar-refractivity contribution >= 4 is 11.6 Å². The monoisotopic (exact) mass is 440 g/mol. The first-order valence-electron chi connectivity index (χ1n) is 12.3. The molecule has 0 saturated heterocycles. The number of aliphatic hydroxyl groups excluding tert-OH is 1. The molecule has 4 aliphatic rings. The predicted molar refractivity (Wildman–Crippen MR) is 122 cm³/mol. The highest BCUT2D eigenvalue weighted by atomic mass is 16.6. The Morgan fingerprint density at radius 2 is 2.09 bits per heavy atom. The molecule has 1 aromatic rings. The Hall–Kier alpha value is -2.08. The zero-order valence-electron chi connectivity index (χ0n) is 19.3. The molecule has 0 radical (unpaired) electrons. The minimum atomic E-state index is -0.205. The second-order valence-electron chi connectivity index (χ2n) is 10.9. The van der Waals surface area contributed by atoms with Crippen molar-refractivity contribution in [1.82, 2.24) is 5.32 Å². The smallest absolute Gasteiger partial charge is 0.261 e. The summed E-state index contributed by atoms with van der Waals surface area (Å²) in [6, 6.07) is 3.62. The number of aliphatic hydroxyl groups is 1. The van der Waals surface area contributed by atoms with Crippen LogP contribution < -0.4 is 5.32 Å². The quantitative estimate of drug-likeness (QED) is 0.656. The Labute approximate surface area is 190 Å². The van der Waals surface area contributed by atoms with Crippen LogP contribution in [0.15, 0.2) is 39.6 Å². The summed E-state index contributed by atoms with van der Waals surface area (Å²) in [5.74, 6) is 2.63. The molecule has 5 rings (SSSR count). The number of oxime groups is 1. The Morgan fingerprint density at radius 1 is 1.22 bits per heavy atom. The van der Waals surface area contributed by atoms with E-state index >= 15 is 0 Å². The average molecular weight is 441 g/mol. The highest BCUT2D eigenvalue weighted by molar-refractivity contribution is 5.96. The molecule has 3 saturated carbocycles. The highest BCUT2D eigenvalue weighted by Gasteiger charge is 2.58. The van der Waals surface area contributed by atoms with Gasteiger partial charge in [0, 0.05) is 0 Å². The molecule has 0 aromatic carbocycles. The summed E-state index contributed by atoms with van der Waals surface area (Å²) in [4.78, 5) is 17.4. The predicted octanol–water partition coefficient (Wildman–Crippen LogP) is 4.59. The third-order valence-corrected chi connectivity index (χ3v) is 9.34. The number of nitrogens with one attached hydrogen (secondary N) is 1. The van der Waals surface area contributed by atoms with E-state index in [1.807, 2.05) is 6.07 Å². The van der Waals surface area contributed by atoms with E-state index in [1.54, 1.807) is 12.3 Å². The minimum Gasteiger partial charge on any atom is -0.467 e. The van der Waals surface area contributed by atoms with Crippen LogP contribution >= 0.6 is 0 Å².